The van der Waals surface area contributed by atoms with Crippen molar-refractivity contribution in [1.29, 1.82) is 0 Å². The van der Waals surface area contributed by atoms with E-state index in [-0.39, 0.29) is 30.9 Å². The molecule has 0 aromatic heterocycles. The first-order chi connectivity index (χ1) is 30.5. The van der Waals surface area contributed by atoms with E-state index < -0.39 is 112 Å². The van der Waals surface area contributed by atoms with E-state index in [9.17, 15) is 28.8 Å². The zero-order chi connectivity index (χ0) is 46.4. The van der Waals surface area contributed by atoms with E-state index in [1.54, 1.807) is 60.7 Å². The number of hydrogen-bond donors (Lipinski definition) is 1. The summed E-state index contributed by atoms with van der Waals surface area (Å²) in [5.41, 5.74) is 1.16. The van der Waals surface area contributed by atoms with Gasteiger partial charge in [0.2, 0.25) is 5.91 Å². The smallest absolute Gasteiger partial charge is 0.338 e. The summed E-state index contributed by atoms with van der Waals surface area (Å²) < 4.78 is 61.6. The summed E-state index contributed by atoms with van der Waals surface area (Å²) in [6.45, 7) is 10.7. The third-order valence-corrected chi connectivity index (χ3v) is 11.7. The Morgan fingerprint density at radius 1 is 0.578 bits per heavy atom. The van der Waals surface area contributed by atoms with Crippen molar-refractivity contribution in [2.24, 2.45) is 0 Å². The van der Waals surface area contributed by atoms with Crippen molar-refractivity contribution >= 4 is 43.8 Å². The summed E-state index contributed by atoms with van der Waals surface area (Å²) >= 11 is 0. The molecule has 2 aliphatic heterocycles. The molecule has 2 fully saturated rings. The van der Waals surface area contributed by atoms with Crippen LogP contribution in [0.25, 0.3) is 0 Å². The second kappa shape index (κ2) is 23.4. The summed E-state index contributed by atoms with van der Waals surface area (Å²) in [5, 5.41) is 2.69. The highest BCUT2D eigenvalue weighted by molar-refractivity contribution is 6.76. The molecule has 0 bridgehead atoms. The summed E-state index contributed by atoms with van der Waals surface area (Å²) in [4.78, 5) is 78.3. The zero-order valence-electron chi connectivity index (χ0n) is 37.0. The van der Waals surface area contributed by atoms with Crippen LogP contribution in [0.4, 0.5) is 0 Å². The topological polar surface area (TPSA) is 207 Å². The van der Waals surface area contributed by atoms with E-state index in [2.05, 4.69) is 25.0 Å². The van der Waals surface area contributed by atoms with Crippen LogP contribution >= 0.6 is 0 Å². The minimum absolute atomic E-state index is 0.118. The van der Waals surface area contributed by atoms with Crippen molar-refractivity contribution in [2.75, 3.05) is 19.8 Å². The molecule has 2 saturated heterocycles. The van der Waals surface area contributed by atoms with Crippen molar-refractivity contribution in [1.82, 2.24) is 5.32 Å². The number of rotatable bonds is 19. The second-order valence-electron chi connectivity index (χ2n) is 16.5. The molecule has 3 aromatic rings. The van der Waals surface area contributed by atoms with Gasteiger partial charge in [-0.15, -0.1) is 0 Å². The van der Waals surface area contributed by atoms with Gasteiger partial charge in [-0.1, -0.05) is 86.4 Å². The fourth-order valence-corrected chi connectivity index (χ4v) is 7.74. The van der Waals surface area contributed by atoms with E-state index in [4.69, 9.17) is 47.4 Å². The largest absolute Gasteiger partial charge is 0.463 e. The molecule has 5 rings (SSSR count). The van der Waals surface area contributed by atoms with Gasteiger partial charge in [-0.2, -0.15) is 0 Å². The Morgan fingerprint density at radius 2 is 1.09 bits per heavy atom. The van der Waals surface area contributed by atoms with E-state index in [0.717, 1.165) is 26.3 Å². The molecule has 0 aliphatic carbocycles. The maximum atomic E-state index is 14.2. The van der Waals surface area contributed by atoms with E-state index in [0.29, 0.717) is 6.04 Å². The summed E-state index contributed by atoms with van der Waals surface area (Å²) in [7, 11) is -1.70. The maximum Gasteiger partial charge on any atom is 0.338 e. The molecule has 0 radical (unpaired) electrons. The average Bonchev–Trinajstić information content (AvgIpc) is 3.24. The van der Waals surface area contributed by atoms with Crippen LogP contribution in [0.5, 0.6) is 0 Å². The number of amides is 1. The summed E-state index contributed by atoms with van der Waals surface area (Å²) in [6, 6.07) is 24.8. The van der Waals surface area contributed by atoms with Gasteiger partial charge in [-0.25, -0.2) is 9.59 Å². The van der Waals surface area contributed by atoms with Crippen LogP contribution in [-0.4, -0.2) is 125 Å². The Labute approximate surface area is 373 Å². The number of ether oxygens (including phenoxy) is 10. The van der Waals surface area contributed by atoms with Crippen molar-refractivity contribution in [2.45, 2.75) is 121 Å². The fraction of sp³-hybridized carbons (Fsp3) is 0.478. The fourth-order valence-electron chi connectivity index (χ4n) is 7.01. The third-order valence-electron chi connectivity index (χ3n) is 9.99. The molecule has 1 amide bonds. The lowest BCUT2D eigenvalue weighted by atomic mass is 9.94. The number of carbonyl (C=O) groups is 6. The van der Waals surface area contributed by atoms with Gasteiger partial charge in [0.25, 0.3) is 0 Å². The average molecular weight is 908 g/mol. The molecule has 346 valence electrons. The first-order valence-electron chi connectivity index (χ1n) is 21.0. The van der Waals surface area contributed by atoms with Crippen LogP contribution in [0.1, 0.15) is 54.0 Å². The minimum atomic E-state index is -1.70. The maximum absolute atomic E-state index is 14.2. The van der Waals surface area contributed by atoms with Gasteiger partial charge in [0, 0.05) is 42.4 Å². The number of nitrogens with one attached hydrogen (secondary N) is 1. The van der Waals surface area contributed by atoms with Crippen LogP contribution in [-0.2, 0) is 73.2 Å². The lowest BCUT2D eigenvalue weighted by molar-refractivity contribution is -0.346. The number of carbonyl (C=O) groups excluding carboxylic acids is 6. The molecule has 0 unspecified atom stereocenters. The van der Waals surface area contributed by atoms with Crippen LogP contribution in [0.15, 0.2) is 91.0 Å². The molecule has 18 heteroatoms. The molecule has 2 heterocycles. The van der Waals surface area contributed by atoms with Crippen molar-refractivity contribution in [3.05, 3.63) is 108 Å². The number of esters is 5. The van der Waals surface area contributed by atoms with Crippen LogP contribution < -0.4 is 5.32 Å². The van der Waals surface area contributed by atoms with E-state index in [1.165, 1.54) is 6.92 Å². The first kappa shape index (κ1) is 49.5. The highest BCUT2D eigenvalue weighted by Crippen LogP contribution is 2.35. The predicted octanol–water partition coefficient (Wildman–Crippen LogP) is 4.78. The van der Waals surface area contributed by atoms with Crippen LogP contribution in [0, 0.1) is 0 Å². The molecule has 0 spiro atoms. The predicted molar refractivity (Wildman–Crippen MR) is 229 cm³/mol. The molecule has 17 nitrogen and oxygen atoms in total. The number of hydrogen-bond acceptors (Lipinski definition) is 16. The normalized spacial score (nSPS) is 25.5. The molecular formula is C46H57NO16Si. The van der Waals surface area contributed by atoms with E-state index in [1.807, 2.05) is 30.3 Å². The van der Waals surface area contributed by atoms with Crippen molar-refractivity contribution < 1.29 is 76.1 Å². The van der Waals surface area contributed by atoms with Gasteiger partial charge in [0.05, 0.1) is 24.3 Å². The summed E-state index contributed by atoms with van der Waals surface area (Å²) in [6.07, 6.45) is -13.0. The number of benzene rings is 3. The molecule has 1 N–H and O–H groups in total. The lowest BCUT2D eigenvalue weighted by Gasteiger charge is -2.49. The zero-order valence-corrected chi connectivity index (χ0v) is 38.0. The van der Waals surface area contributed by atoms with Gasteiger partial charge in [0.1, 0.15) is 31.0 Å². The highest BCUT2D eigenvalue weighted by atomic mass is 28.3. The molecule has 64 heavy (non-hydrogen) atoms. The second-order valence-corrected chi connectivity index (χ2v) is 22.1. The molecular weight excluding hydrogens is 851 g/mol. The van der Waals surface area contributed by atoms with Crippen molar-refractivity contribution in [3.63, 3.8) is 0 Å². The lowest BCUT2D eigenvalue weighted by Crippen LogP contribution is -2.69. The Hall–Kier alpha value is -5.50. The SMILES string of the molecule is CC(=O)N[C@H]1[C@H](O[C@H]2[C@H](OC(=O)c3ccccc3)[C@@H](OC(=O)c3ccccc3)[C@H](OCC[Si](C)(C)C)O[C@@H]2COCc2ccccc2)O[C@H](COC(C)=O)[C@H](OC(C)=O)[C@@H]1OC(C)=O. The first-order valence-corrected chi connectivity index (χ1v) is 24.7. The van der Waals surface area contributed by atoms with Gasteiger partial charge >= 0.3 is 29.8 Å². The van der Waals surface area contributed by atoms with Gasteiger partial charge < -0.3 is 52.7 Å². The van der Waals surface area contributed by atoms with Crippen molar-refractivity contribution in [3.8, 4) is 0 Å². The Kier molecular flexibility index (Phi) is 18.1. The standard InChI is InChI=1S/C46H57NO16Si/c1-28(48)47-37-40(58-31(4)51)38(57-30(3)50)36(27-56-29(2)49)59-45(37)63-39-35(26-54-25-32-17-11-8-12-18-32)60-46(55-23-24-64(5,6)7)42(62-44(53)34-21-15-10-16-22-34)41(39)61-43(52)33-19-13-9-14-20-33/h8-22,35-42,45-46H,23-27H2,1-7H3,(H,47,48)/t35-,36-,37-,38+,39-,40-,41+,42-,45+,46-/m1/s1. The molecule has 0 saturated carbocycles. The Balaban J connectivity index is 1.65. The Bertz CT molecular complexity index is 2020. The van der Waals surface area contributed by atoms with Gasteiger partial charge in [-0.05, 0) is 35.9 Å². The van der Waals surface area contributed by atoms with Gasteiger partial charge in [0.15, 0.2) is 37.0 Å². The highest BCUT2D eigenvalue weighted by Gasteiger charge is 2.57. The third kappa shape index (κ3) is 14.8. The van der Waals surface area contributed by atoms with Crippen LogP contribution in [0.2, 0.25) is 25.7 Å². The molecule has 3 aromatic carbocycles. The monoisotopic (exact) mass is 907 g/mol. The molecule has 10 atom stereocenters. The quantitative estimate of drug-likeness (QED) is 0.0976. The summed E-state index contributed by atoms with van der Waals surface area (Å²) in [5.74, 6) is -4.57. The molecule has 2 aliphatic rings. The van der Waals surface area contributed by atoms with Gasteiger partial charge in [-0.3, -0.25) is 19.2 Å². The van der Waals surface area contributed by atoms with Crippen LogP contribution in [0.3, 0.4) is 0 Å². The minimum Gasteiger partial charge on any atom is -0.463 e. The Morgan fingerprint density at radius 3 is 1.62 bits per heavy atom. The van der Waals surface area contributed by atoms with E-state index >= 15 is 0 Å².